The summed E-state index contributed by atoms with van der Waals surface area (Å²) in [6, 6.07) is 7.81. The Morgan fingerprint density at radius 1 is 1.38 bits per heavy atom. The molecule has 0 saturated heterocycles. The number of ether oxygens (including phenoxy) is 1. The second-order valence-corrected chi connectivity index (χ2v) is 5.75. The maximum absolute atomic E-state index is 11.3. The molecule has 2 rings (SSSR count). The number of carbonyl (C=O) groups excluding carboxylic acids is 1. The van der Waals surface area contributed by atoms with E-state index in [9.17, 15) is 4.79 Å². The van der Waals surface area contributed by atoms with Crippen molar-refractivity contribution in [1.82, 2.24) is 4.98 Å². The largest absolute Gasteiger partial charge is 0.494 e. The lowest BCUT2D eigenvalue weighted by molar-refractivity contribution is -0.114. The Morgan fingerprint density at radius 3 is 2.71 bits per heavy atom. The molecule has 2 aromatic rings. The van der Waals surface area contributed by atoms with Crippen molar-refractivity contribution in [2.24, 2.45) is 5.73 Å². The third kappa shape index (κ3) is 4.03. The fourth-order valence-corrected chi connectivity index (χ4v) is 2.67. The molecule has 3 N–H and O–H groups in total. The Kier molecular flexibility index (Phi) is 5.30. The van der Waals surface area contributed by atoms with Crippen LogP contribution < -0.4 is 15.8 Å². The highest BCUT2D eigenvalue weighted by Crippen LogP contribution is 2.31. The Balaban J connectivity index is 2.15. The second-order valence-electron chi connectivity index (χ2n) is 4.55. The highest BCUT2D eigenvalue weighted by Gasteiger charge is 2.11. The number of hydrogen-bond donors (Lipinski definition) is 2. The molecule has 6 heteroatoms. The van der Waals surface area contributed by atoms with Gasteiger partial charge in [0.2, 0.25) is 5.91 Å². The molecule has 5 nitrogen and oxygen atoms in total. The fourth-order valence-electron chi connectivity index (χ4n) is 1.82. The van der Waals surface area contributed by atoms with Crippen molar-refractivity contribution in [3.8, 4) is 17.0 Å². The lowest BCUT2D eigenvalue weighted by Crippen LogP contribution is -2.21. The van der Waals surface area contributed by atoms with E-state index in [0.29, 0.717) is 11.7 Å². The van der Waals surface area contributed by atoms with Crippen molar-refractivity contribution in [3.05, 3.63) is 29.1 Å². The lowest BCUT2D eigenvalue weighted by Gasteiger charge is -2.05. The summed E-state index contributed by atoms with van der Waals surface area (Å²) in [7, 11) is 0. The zero-order valence-corrected chi connectivity index (χ0v) is 13.0. The van der Waals surface area contributed by atoms with Crippen molar-refractivity contribution < 1.29 is 9.53 Å². The number of nitrogens with zero attached hydrogens (tertiary/aromatic N) is 1. The van der Waals surface area contributed by atoms with Crippen LogP contribution >= 0.6 is 11.3 Å². The van der Waals surface area contributed by atoms with Crippen LogP contribution in [-0.4, -0.2) is 24.0 Å². The molecule has 0 atom stereocenters. The van der Waals surface area contributed by atoms with Crippen LogP contribution in [0.15, 0.2) is 24.3 Å². The summed E-state index contributed by atoms with van der Waals surface area (Å²) < 4.78 is 5.56. The van der Waals surface area contributed by atoms with Crippen molar-refractivity contribution in [2.75, 3.05) is 18.5 Å². The standard InChI is InChI=1S/C15H19N3O2S/c1-3-8-20-12-6-4-11(5-7-12)14-10(2)21-15(18-14)17-13(19)9-16/h4-7H,3,8-9,16H2,1-2H3,(H,17,18,19). The molecule has 0 aliphatic carbocycles. The molecule has 0 aliphatic heterocycles. The van der Waals surface area contributed by atoms with E-state index in [-0.39, 0.29) is 12.5 Å². The number of benzene rings is 1. The van der Waals surface area contributed by atoms with Crippen LogP contribution in [0, 0.1) is 6.92 Å². The molecule has 1 aromatic heterocycles. The van der Waals surface area contributed by atoms with Gasteiger partial charge in [-0.1, -0.05) is 6.92 Å². The van der Waals surface area contributed by atoms with E-state index in [1.54, 1.807) is 0 Å². The molecule has 1 aromatic carbocycles. The highest BCUT2D eigenvalue weighted by molar-refractivity contribution is 7.16. The van der Waals surface area contributed by atoms with Crippen LogP contribution in [0.1, 0.15) is 18.2 Å². The predicted molar refractivity (Wildman–Crippen MR) is 85.8 cm³/mol. The molecule has 0 saturated carbocycles. The van der Waals surface area contributed by atoms with Crippen molar-refractivity contribution in [1.29, 1.82) is 0 Å². The third-order valence-corrected chi connectivity index (χ3v) is 3.72. The molecule has 0 aliphatic rings. The number of carbonyl (C=O) groups is 1. The van der Waals surface area contributed by atoms with E-state index in [4.69, 9.17) is 10.5 Å². The smallest absolute Gasteiger partial charge is 0.239 e. The molecule has 0 radical (unpaired) electrons. The SMILES string of the molecule is CCCOc1ccc(-c2nc(NC(=O)CN)sc2C)cc1. The van der Waals surface area contributed by atoms with E-state index in [1.165, 1.54) is 11.3 Å². The summed E-state index contributed by atoms with van der Waals surface area (Å²) in [5, 5.41) is 3.25. The number of rotatable bonds is 6. The third-order valence-electron chi connectivity index (χ3n) is 2.83. The van der Waals surface area contributed by atoms with Crippen LogP contribution in [0.2, 0.25) is 0 Å². The first-order valence-electron chi connectivity index (χ1n) is 6.84. The first-order valence-corrected chi connectivity index (χ1v) is 7.66. The summed E-state index contributed by atoms with van der Waals surface area (Å²) in [6.45, 7) is 4.72. The summed E-state index contributed by atoms with van der Waals surface area (Å²) >= 11 is 1.44. The first-order chi connectivity index (χ1) is 10.1. The van der Waals surface area contributed by atoms with Gasteiger partial charge < -0.3 is 15.8 Å². The van der Waals surface area contributed by atoms with E-state index in [0.717, 1.165) is 28.3 Å². The van der Waals surface area contributed by atoms with Crippen LogP contribution in [-0.2, 0) is 4.79 Å². The van der Waals surface area contributed by atoms with Gasteiger partial charge in [-0.15, -0.1) is 11.3 Å². The van der Waals surface area contributed by atoms with Crippen molar-refractivity contribution in [2.45, 2.75) is 20.3 Å². The van der Waals surface area contributed by atoms with Gasteiger partial charge in [-0.3, -0.25) is 4.79 Å². The van der Waals surface area contributed by atoms with Gasteiger partial charge in [-0.2, -0.15) is 0 Å². The normalized spacial score (nSPS) is 10.4. The van der Waals surface area contributed by atoms with E-state index >= 15 is 0 Å². The molecule has 0 spiro atoms. The minimum Gasteiger partial charge on any atom is -0.494 e. The maximum Gasteiger partial charge on any atom is 0.239 e. The molecule has 112 valence electrons. The number of hydrogen-bond acceptors (Lipinski definition) is 5. The lowest BCUT2D eigenvalue weighted by atomic mass is 10.1. The average Bonchev–Trinajstić information content (AvgIpc) is 2.86. The molecule has 1 amide bonds. The minimum absolute atomic E-state index is 0.0442. The van der Waals surface area contributed by atoms with Crippen molar-refractivity contribution in [3.63, 3.8) is 0 Å². The Labute approximate surface area is 128 Å². The number of anilines is 1. The molecule has 0 unspecified atom stereocenters. The van der Waals surface area contributed by atoms with Gasteiger partial charge in [0.05, 0.1) is 18.8 Å². The molecule has 0 bridgehead atoms. The molecular weight excluding hydrogens is 286 g/mol. The van der Waals surface area contributed by atoms with Gasteiger partial charge >= 0.3 is 0 Å². The Morgan fingerprint density at radius 2 is 2.10 bits per heavy atom. The predicted octanol–water partition coefficient (Wildman–Crippen LogP) is 2.80. The number of aromatic nitrogens is 1. The van der Waals surface area contributed by atoms with Crippen LogP contribution in [0.3, 0.4) is 0 Å². The summed E-state index contributed by atoms with van der Waals surface area (Å²) in [6.07, 6.45) is 0.983. The van der Waals surface area contributed by atoms with Gasteiger partial charge in [-0.05, 0) is 37.6 Å². The summed E-state index contributed by atoms with van der Waals surface area (Å²) in [4.78, 5) is 16.8. The summed E-state index contributed by atoms with van der Waals surface area (Å²) in [5.41, 5.74) is 7.15. The highest BCUT2D eigenvalue weighted by atomic mass is 32.1. The quantitative estimate of drug-likeness (QED) is 0.860. The fraction of sp³-hybridized carbons (Fsp3) is 0.333. The van der Waals surface area contributed by atoms with E-state index in [2.05, 4.69) is 17.2 Å². The molecule has 1 heterocycles. The minimum atomic E-state index is -0.237. The van der Waals surface area contributed by atoms with Gasteiger partial charge in [-0.25, -0.2) is 4.98 Å². The number of aryl methyl sites for hydroxylation is 1. The van der Waals surface area contributed by atoms with Crippen molar-refractivity contribution >= 4 is 22.4 Å². The number of nitrogens with two attached hydrogens (primary N) is 1. The number of thiazole rings is 1. The second kappa shape index (κ2) is 7.19. The van der Waals surface area contributed by atoms with E-state index < -0.39 is 0 Å². The van der Waals surface area contributed by atoms with Crippen LogP contribution in [0.5, 0.6) is 5.75 Å². The van der Waals surface area contributed by atoms with Gasteiger partial charge in [0.25, 0.3) is 0 Å². The number of nitrogens with one attached hydrogen (secondary N) is 1. The maximum atomic E-state index is 11.3. The topological polar surface area (TPSA) is 77.2 Å². The van der Waals surface area contributed by atoms with Gasteiger partial charge in [0.1, 0.15) is 5.75 Å². The van der Waals surface area contributed by atoms with Crippen LogP contribution in [0.4, 0.5) is 5.13 Å². The zero-order valence-electron chi connectivity index (χ0n) is 12.2. The Bertz CT molecular complexity index is 608. The van der Waals surface area contributed by atoms with E-state index in [1.807, 2.05) is 31.2 Å². The molecular formula is C15H19N3O2S. The van der Waals surface area contributed by atoms with Crippen LogP contribution in [0.25, 0.3) is 11.3 Å². The zero-order chi connectivity index (χ0) is 15.2. The average molecular weight is 305 g/mol. The number of amides is 1. The molecule has 0 fully saturated rings. The van der Waals surface area contributed by atoms with Gasteiger partial charge in [0.15, 0.2) is 5.13 Å². The summed E-state index contributed by atoms with van der Waals surface area (Å²) in [5.74, 6) is 0.615. The van der Waals surface area contributed by atoms with Gasteiger partial charge in [0, 0.05) is 10.4 Å². The monoisotopic (exact) mass is 305 g/mol. The first kappa shape index (κ1) is 15.5. The Hall–Kier alpha value is -1.92. The molecule has 21 heavy (non-hydrogen) atoms.